The van der Waals surface area contributed by atoms with E-state index in [0.29, 0.717) is 13.1 Å². The number of nitrogens with zero attached hydrogens (tertiary/aromatic N) is 3. The van der Waals surface area contributed by atoms with Crippen molar-refractivity contribution in [3.8, 4) is 0 Å². The second-order valence-electron chi connectivity index (χ2n) is 5.22. The highest BCUT2D eigenvalue weighted by Crippen LogP contribution is 2.25. The van der Waals surface area contributed by atoms with Crippen LogP contribution in [0.2, 0.25) is 0 Å². The molecular weight excluding hydrogens is 254 g/mol. The molecular formula is C14H23N5O. The number of nitrogens with one attached hydrogen (secondary N) is 1. The fraction of sp³-hybridized carbons (Fsp3) is 0.643. The Labute approximate surface area is 119 Å². The van der Waals surface area contributed by atoms with Crippen LogP contribution in [0.15, 0.2) is 18.6 Å². The smallest absolute Gasteiger partial charge is 0.224 e. The SMILES string of the molecule is CC(c1cnccn1)N1CCCC(C(=O)NCCN)C1. The van der Waals surface area contributed by atoms with Crippen molar-refractivity contribution in [1.82, 2.24) is 20.2 Å². The molecule has 1 aliphatic rings. The number of carbonyl (C=O) groups excluding carboxylic acids is 1. The van der Waals surface area contributed by atoms with Gasteiger partial charge in [0.15, 0.2) is 0 Å². The molecule has 0 aliphatic carbocycles. The summed E-state index contributed by atoms with van der Waals surface area (Å²) in [6.07, 6.45) is 7.16. The molecule has 0 aromatic carbocycles. The fourth-order valence-electron chi connectivity index (χ4n) is 2.63. The lowest BCUT2D eigenvalue weighted by Gasteiger charge is -2.35. The second kappa shape index (κ2) is 7.31. The van der Waals surface area contributed by atoms with Crippen molar-refractivity contribution in [3.05, 3.63) is 24.3 Å². The summed E-state index contributed by atoms with van der Waals surface area (Å²) in [4.78, 5) is 22.8. The van der Waals surface area contributed by atoms with Crippen molar-refractivity contribution in [1.29, 1.82) is 0 Å². The molecule has 2 rings (SSSR count). The van der Waals surface area contributed by atoms with Gasteiger partial charge in [0.05, 0.1) is 17.7 Å². The van der Waals surface area contributed by atoms with Crippen LogP contribution in [0.1, 0.15) is 31.5 Å². The van der Waals surface area contributed by atoms with E-state index in [1.807, 2.05) is 0 Å². The molecule has 2 unspecified atom stereocenters. The molecule has 2 atom stereocenters. The van der Waals surface area contributed by atoms with Crippen LogP contribution in [0.3, 0.4) is 0 Å². The number of hydrogen-bond acceptors (Lipinski definition) is 5. The zero-order valence-electron chi connectivity index (χ0n) is 12.0. The van der Waals surface area contributed by atoms with Crippen LogP contribution in [0.25, 0.3) is 0 Å². The Kier molecular flexibility index (Phi) is 5.43. The predicted octanol–water partition coefficient (Wildman–Crippen LogP) is 0.325. The van der Waals surface area contributed by atoms with Gasteiger partial charge in [0, 0.05) is 38.2 Å². The van der Waals surface area contributed by atoms with Gasteiger partial charge in [0.1, 0.15) is 0 Å². The summed E-state index contributed by atoms with van der Waals surface area (Å²) in [5.41, 5.74) is 6.37. The molecule has 1 saturated heterocycles. The van der Waals surface area contributed by atoms with Crippen molar-refractivity contribution in [2.24, 2.45) is 11.7 Å². The highest BCUT2D eigenvalue weighted by Gasteiger charge is 2.28. The molecule has 0 bridgehead atoms. The highest BCUT2D eigenvalue weighted by atomic mass is 16.1. The number of piperidine rings is 1. The van der Waals surface area contributed by atoms with Crippen LogP contribution in [0.5, 0.6) is 0 Å². The number of aromatic nitrogens is 2. The van der Waals surface area contributed by atoms with E-state index in [1.165, 1.54) is 0 Å². The molecule has 1 fully saturated rings. The van der Waals surface area contributed by atoms with Crippen LogP contribution in [0.4, 0.5) is 0 Å². The molecule has 20 heavy (non-hydrogen) atoms. The first-order valence-corrected chi connectivity index (χ1v) is 7.20. The molecule has 2 heterocycles. The molecule has 1 aromatic heterocycles. The maximum Gasteiger partial charge on any atom is 0.224 e. The van der Waals surface area contributed by atoms with E-state index < -0.39 is 0 Å². The van der Waals surface area contributed by atoms with Crippen molar-refractivity contribution < 1.29 is 4.79 Å². The molecule has 0 radical (unpaired) electrons. The zero-order chi connectivity index (χ0) is 14.4. The van der Waals surface area contributed by atoms with E-state index in [9.17, 15) is 4.79 Å². The maximum absolute atomic E-state index is 12.0. The molecule has 1 amide bonds. The lowest BCUT2D eigenvalue weighted by Crippen LogP contribution is -2.44. The Bertz CT molecular complexity index is 425. The lowest BCUT2D eigenvalue weighted by molar-refractivity contribution is -0.126. The first-order chi connectivity index (χ1) is 9.72. The normalized spacial score (nSPS) is 21.4. The van der Waals surface area contributed by atoms with Crippen LogP contribution < -0.4 is 11.1 Å². The molecule has 1 aliphatic heterocycles. The Morgan fingerprint density at radius 3 is 3.15 bits per heavy atom. The van der Waals surface area contributed by atoms with Gasteiger partial charge in [-0.25, -0.2) is 0 Å². The fourth-order valence-corrected chi connectivity index (χ4v) is 2.63. The minimum atomic E-state index is 0.0504. The maximum atomic E-state index is 12.0. The van der Waals surface area contributed by atoms with Crippen molar-refractivity contribution in [3.63, 3.8) is 0 Å². The molecule has 6 heteroatoms. The van der Waals surface area contributed by atoms with Crippen molar-refractivity contribution in [2.45, 2.75) is 25.8 Å². The van der Waals surface area contributed by atoms with E-state index >= 15 is 0 Å². The summed E-state index contributed by atoms with van der Waals surface area (Å²) in [6, 6.07) is 0.189. The Morgan fingerprint density at radius 2 is 2.45 bits per heavy atom. The highest BCUT2D eigenvalue weighted by molar-refractivity contribution is 5.78. The van der Waals surface area contributed by atoms with Crippen LogP contribution in [-0.2, 0) is 4.79 Å². The predicted molar refractivity (Wildman–Crippen MR) is 76.8 cm³/mol. The van der Waals surface area contributed by atoms with E-state index in [0.717, 1.165) is 31.6 Å². The third kappa shape index (κ3) is 3.74. The van der Waals surface area contributed by atoms with Crippen LogP contribution in [0, 0.1) is 5.92 Å². The molecule has 6 nitrogen and oxygen atoms in total. The number of nitrogens with two attached hydrogens (primary N) is 1. The van der Waals surface area contributed by atoms with Gasteiger partial charge in [-0.3, -0.25) is 19.7 Å². The summed E-state index contributed by atoms with van der Waals surface area (Å²) >= 11 is 0. The minimum Gasteiger partial charge on any atom is -0.355 e. The monoisotopic (exact) mass is 277 g/mol. The van der Waals surface area contributed by atoms with Gasteiger partial charge in [-0.1, -0.05) is 0 Å². The zero-order valence-corrected chi connectivity index (χ0v) is 12.0. The third-order valence-corrected chi connectivity index (χ3v) is 3.83. The number of hydrogen-bond donors (Lipinski definition) is 2. The minimum absolute atomic E-state index is 0.0504. The second-order valence-corrected chi connectivity index (χ2v) is 5.22. The number of carbonyl (C=O) groups is 1. The first-order valence-electron chi connectivity index (χ1n) is 7.20. The average molecular weight is 277 g/mol. The van der Waals surface area contributed by atoms with Crippen LogP contribution >= 0.6 is 0 Å². The van der Waals surface area contributed by atoms with E-state index in [-0.39, 0.29) is 17.9 Å². The summed E-state index contributed by atoms with van der Waals surface area (Å²) in [5, 5.41) is 2.88. The Hall–Kier alpha value is -1.53. The van der Waals surface area contributed by atoms with Crippen molar-refractivity contribution in [2.75, 3.05) is 26.2 Å². The number of likely N-dealkylation sites (tertiary alicyclic amines) is 1. The largest absolute Gasteiger partial charge is 0.355 e. The van der Waals surface area contributed by atoms with Gasteiger partial charge < -0.3 is 11.1 Å². The van der Waals surface area contributed by atoms with Gasteiger partial charge >= 0.3 is 0 Å². The van der Waals surface area contributed by atoms with E-state index in [2.05, 4.69) is 27.1 Å². The van der Waals surface area contributed by atoms with Crippen molar-refractivity contribution >= 4 is 5.91 Å². The van der Waals surface area contributed by atoms with Crippen LogP contribution in [-0.4, -0.2) is 47.0 Å². The summed E-state index contributed by atoms with van der Waals surface area (Å²) in [5.74, 6) is 0.168. The molecule has 0 saturated carbocycles. The molecule has 110 valence electrons. The summed E-state index contributed by atoms with van der Waals surface area (Å²) < 4.78 is 0. The van der Waals surface area contributed by atoms with E-state index in [1.54, 1.807) is 18.6 Å². The third-order valence-electron chi connectivity index (χ3n) is 3.83. The Morgan fingerprint density at radius 1 is 1.60 bits per heavy atom. The quantitative estimate of drug-likeness (QED) is 0.810. The summed E-state index contributed by atoms with van der Waals surface area (Å²) in [6.45, 7) is 4.92. The van der Waals surface area contributed by atoms with Gasteiger partial charge in [-0.15, -0.1) is 0 Å². The Balaban J connectivity index is 1.94. The number of rotatable bonds is 5. The molecule has 0 spiro atoms. The first kappa shape index (κ1) is 14.9. The van der Waals surface area contributed by atoms with Gasteiger partial charge in [0.25, 0.3) is 0 Å². The number of amides is 1. The van der Waals surface area contributed by atoms with Gasteiger partial charge in [-0.05, 0) is 26.3 Å². The topological polar surface area (TPSA) is 84.1 Å². The van der Waals surface area contributed by atoms with Gasteiger partial charge in [-0.2, -0.15) is 0 Å². The standard InChI is InChI=1S/C14H23N5O/c1-11(13-9-16-6-7-17-13)19-8-2-3-12(10-19)14(20)18-5-4-15/h6-7,9,11-12H,2-5,8,10,15H2,1H3,(H,18,20). The molecule has 1 aromatic rings. The average Bonchev–Trinajstić information content (AvgIpc) is 2.52. The molecule has 3 N–H and O–H groups in total. The van der Waals surface area contributed by atoms with Gasteiger partial charge in [0.2, 0.25) is 5.91 Å². The summed E-state index contributed by atoms with van der Waals surface area (Å²) in [7, 11) is 0. The lowest BCUT2D eigenvalue weighted by atomic mass is 9.95. The van der Waals surface area contributed by atoms with E-state index in [4.69, 9.17) is 5.73 Å².